The van der Waals surface area contributed by atoms with Gasteiger partial charge in [-0.05, 0) is 26.2 Å². The number of amides is 1. The van der Waals surface area contributed by atoms with Gasteiger partial charge in [0.05, 0.1) is 6.54 Å². The zero-order valence-electron chi connectivity index (χ0n) is 11.7. The summed E-state index contributed by atoms with van der Waals surface area (Å²) in [5.74, 6) is 0.989. The Morgan fingerprint density at radius 2 is 2.00 bits per heavy atom. The normalized spacial score (nSPS) is 10.7. The molecule has 0 heterocycles. The molecule has 2 N–H and O–H groups in total. The van der Waals surface area contributed by atoms with Crippen molar-refractivity contribution in [1.82, 2.24) is 15.5 Å². The van der Waals surface area contributed by atoms with Gasteiger partial charge in [0.2, 0.25) is 5.91 Å². The third-order valence-electron chi connectivity index (χ3n) is 2.59. The summed E-state index contributed by atoms with van der Waals surface area (Å²) in [5, 5.41) is 6.00. The fourth-order valence-electron chi connectivity index (χ4n) is 1.56. The first-order valence-electron chi connectivity index (χ1n) is 6.50. The number of hydrogen-bond donors (Lipinski definition) is 2. The molecule has 0 radical (unpaired) electrons. The lowest BCUT2D eigenvalue weighted by Crippen LogP contribution is -2.38. The van der Waals surface area contributed by atoms with Gasteiger partial charge in [0.25, 0.3) is 0 Å². The zero-order valence-corrected chi connectivity index (χ0v) is 12.5. The van der Waals surface area contributed by atoms with E-state index in [9.17, 15) is 4.79 Å². The maximum Gasteiger partial charge on any atom is 0.234 e. The summed E-state index contributed by atoms with van der Waals surface area (Å²) in [6.45, 7) is 2.94. The average Bonchev–Trinajstić information content (AvgIpc) is 2.42. The molecule has 0 aliphatic carbocycles. The van der Waals surface area contributed by atoms with Crippen LogP contribution in [0.1, 0.15) is 0 Å². The second kappa shape index (κ2) is 9.83. The number of hydrogen-bond acceptors (Lipinski definition) is 4. The van der Waals surface area contributed by atoms with Crippen molar-refractivity contribution in [3.8, 4) is 0 Å². The number of nitrogens with zero attached hydrogens (tertiary/aromatic N) is 1. The van der Waals surface area contributed by atoms with E-state index in [4.69, 9.17) is 0 Å². The Hall–Kier alpha value is -1.04. The lowest BCUT2D eigenvalue weighted by atomic mass is 10.4. The van der Waals surface area contributed by atoms with Crippen molar-refractivity contribution in [2.75, 3.05) is 46.0 Å². The molecule has 19 heavy (non-hydrogen) atoms. The van der Waals surface area contributed by atoms with E-state index in [1.54, 1.807) is 11.8 Å². The summed E-state index contributed by atoms with van der Waals surface area (Å²) < 4.78 is 0. The van der Waals surface area contributed by atoms with Crippen molar-refractivity contribution >= 4 is 17.7 Å². The Morgan fingerprint density at radius 3 is 2.68 bits per heavy atom. The number of carbonyl (C=O) groups is 1. The molecule has 1 aromatic rings. The molecule has 0 spiro atoms. The maximum atomic E-state index is 11.6. The van der Waals surface area contributed by atoms with Crippen LogP contribution in [0, 0.1) is 0 Å². The van der Waals surface area contributed by atoms with Crippen molar-refractivity contribution in [2.45, 2.75) is 4.90 Å². The van der Waals surface area contributed by atoms with Crippen molar-refractivity contribution in [2.24, 2.45) is 0 Å². The van der Waals surface area contributed by atoms with Gasteiger partial charge >= 0.3 is 0 Å². The standard InChI is InChI=1S/C14H23N3OS/c1-15-8-10-17(2)12-14(18)16-9-11-19-13-6-4-3-5-7-13/h3-7,15H,8-12H2,1-2H3,(H,16,18). The summed E-state index contributed by atoms with van der Waals surface area (Å²) in [6.07, 6.45) is 0. The van der Waals surface area contributed by atoms with Crippen LogP contribution >= 0.6 is 11.8 Å². The van der Waals surface area contributed by atoms with Crippen LogP contribution in [0.15, 0.2) is 35.2 Å². The number of benzene rings is 1. The molecule has 4 nitrogen and oxygen atoms in total. The number of likely N-dealkylation sites (N-methyl/N-ethyl adjacent to an activating group) is 2. The molecule has 1 amide bonds. The number of thioether (sulfide) groups is 1. The average molecular weight is 281 g/mol. The van der Waals surface area contributed by atoms with Gasteiger partial charge in [-0.2, -0.15) is 0 Å². The lowest BCUT2D eigenvalue weighted by Gasteiger charge is -2.15. The number of carbonyl (C=O) groups excluding carboxylic acids is 1. The molecule has 1 aromatic carbocycles. The monoisotopic (exact) mass is 281 g/mol. The van der Waals surface area contributed by atoms with Crippen molar-refractivity contribution in [1.29, 1.82) is 0 Å². The Morgan fingerprint density at radius 1 is 1.26 bits per heavy atom. The lowest BCUT2D eigenvalue weighted by molar-refractivity contribution is -0.121. The van der Waals surface area contributed by atoms with Crippen LogP contribution in [0.5, 0.6) is 0 Å². The van der Waals surface area contributed by atoms with Gasteiger partial charge in [0, 0.05) is 30.3 Å². The van der Waals surface area contributed by atoms with Gasteiger partial charge < -0.3 is 10.6 Å². The van der Waals surface area contributed by atoms with Gasteiger partial charge in [0.1, 0.15) is 0 Å². The van der Waals surface area contributed by atoms with Gasteiger partial charge in [-0.3, -0.25) is 9.69 Å². The highest BCUT2D eigenvalue weighted by Crippen LogP contribution is 2.15. The molecule has 0 atom stereocenters. The third-order valence-corrected chi connectivity index (χ3v) is 3.61. The Balaban J connectivity index is 2.07. The molecule has 0 aliphatic heterocycles. The third kappa shape index (κ3) is 7.87. The highest BCUT2D eigenvalue weighted by molar-refractivity contribution is 7.99. The van der Waals surface area contributed by atoms with E-state index in [0.717, 1.165) is 18.8 Å². The molecule has 106 valence electrons. The highest BCUT2D eigenvalue weighted by Gasteiger charge is 2.05. The van der Waals surface area contributed by atoms with Gasteiger partial charge in [0.15, 0.2) is 0 Å². The van der Waals surface area contributed by atoms with Crippen LogP contribution in [0.4, 0.5) is 0 Å². The molecule has 0 aromatic heterocycles. The summed E-state index contributed by atoms with van der Waals surface area (Å²) in [6, 6.07) is 10.2. The Labute approximate surface area is 119 Å². The molecule has 0 fully saturated rings. The SMILES string of the molecule is CNCCN(C)CC(=O)NCCSc1ccccc1. The number of rotatable bonds is 9. The van der Waals surface area contributed by atoms with Crippen molar-refractivity contribution in [3.05, 3.63) is 30.3 Å². The molecular weight excluding hydrogens is 258 g/mol. The minimum atomic E-state index is 0.0901. The van der Waals surface area contributed by atoms with Crippen LogP contribution in [-0.2, 0) is 4.79 Å². The fourth-order valence-corrected chi connectivity index (χ4v) is 2.35. The van der Waals surface area contributed by atoms with E-state index in [1.165, 1.54) is 4.90 Å². The van der Waals surface area contributed by atoms with Gasteiger partial charge in [-0.25, -0.2) is 0 Å². The zero-order chi connectivity index (χ0) is 13.9. The predicted molar refractivity (Wildman–Crippen MR) is 81.6 cm³/mol. The van der Waals surface area contributed by atoms with Crippen LogP contribution in [0.2, 0.25) is 0 Å². The fraction of sp³-hybridized carbons (Fsp3) is 0.500. The first-order valence-corrected chi connectivity index (χ1v) is 7.48. The largest absolute Gasteiger partial charge is 0.354 e. The van der Waals surface area contributed by atoms with Gasteiger partial charge in [-0.15, -0.1) is 11.8 Å². The van der Waals surface area contributed by atoms with Gasteiger partial charge in [-0.1, -0.05) is 18.2 Å². The minimum Gasteiger partial charge on any atom is -0.354 e. The van der Waals surface area contributed by atoms with Crippen LogP contribution in [0.3, 0.4) is 0 Å². The van der Waals surface area contributed by atoms with E-state index >= 15 is 0 Å². The Kier molecular flexibility index (Phi) is 8.29. The summed E-state index contributed by atoms with van der Waals surface area (Å²) in [7, 11) is 3.87. The number of nitrogens with one attached hydrogen (secondary N) is 2. The van der Waals surface area contributed by atoms with Crippen molar-refractivity contribution < 1.29 is 4.79 Å². The van der Waals surface area contributed by atoms with E-state index < -0.39 is 0 Å². The second-order valence-corrected chi connectivity index (χ2v) is 5.52. The quantitative estimate of drug-likeness (QED) is 0.524. The van der Waals surface area contributed by atoms with E-state index in [-0.39, 0.29) is 5.91 Å². The van der Waals surface area contributed by atoms with Crippen LogP contribution < -0.4 is 10.6 Å². The second-order valence-electron chi connectivity index (χ2n) is 4.35. The molecule has 0 saturated carbocycles. The summed E-state index contributed by atoms with van der Waals surface area (Å²) in [5.41, 5.74) is 0. The molecule has 0 saturated heterocycles. The van der Waals surface area contributed by atoms with Crippen LogP contribution in [-0.4, -0.2) is 56.8 Å². The maximum absolute atomic E-state index is 11.6. The first kappa shape index (κ1) is 16.0. The minimum absolute atomic E-state index is 0.0901. The smallest absolute Gasteiger partial charge is 0.234 e. The highest BCUT2D eigenvalue weighted by atomic mass is 32.2. The molecule has 5 heteroatoms. The molecular formula is C14H23N3OS. The molecule has 1 rings (SSSR count). The van der Waals surface area contributed by atoms with Crippen molar-refractivity contribution in [3.63, 3.8) is 0 Å². The first-order chi connectivity index (χ1) is 9.22. The Bertz CT molecular complexity index is 359. The van der Waals surface area contributed by atoms with E-state index in [1.807, 2.05) is 37.2 Å². The predicted octanol–water partition coefficient (Wildman–Crippen LogP) is 1.05. The molecule has 0 unspecified atom stereocenters. The summed E-state index contributed by atoms with van der Waals surface area (Å²) >= 11 is 1.76. The summed E-state index contributed by atoms with van der Waals surface area (Å²) in [4.78, 5) is 14.9. The van der Waals surface area contributed by atoms with E-state index in [0.29, 0.717) is 13.1 Å². The molecule has 0 bridgehead atoms. The topological polar surface area (TPSA) is 44.4 Å². The molecule has 0 aliphatic rings. The van der Waals surface area contributed by atoms with E-state index in [2.05, 4.69) is 22.8 Å². The van der Waals surface area contributed by atoms with Crippen LogP contribution in [0.25, 0.3) is 0 Å².